The molecule has 0 aliphatic rings. The van der Waals surface area contributed by atoms with Gasteiger partial charge < -0.3 is 9.57 Å². The van der Waals surface area contributed by atoms with E-state index in [0.717, 1.165) is 0 Å². The fourth-order valence-corrected chi connectivity index (χ4v) is 1.04. The third-order valence-electron chi connectivity index (χ3n) is 2.08. The minimum atomic E-state index is -0.854. The molecule has 0 atom stereocenters. The summed E-state index contributed by atoms with van der Waals surface area (Å²) in [7, 11) is 0. The van der Waals surface area contributed by atoms with E-state index >= 15 is 0 Å². The molecule has 1 aromatic rings. The van der Waals surface area contributed by atoms with Gasteiger partial charge in [0.1, 0.15) is 12.4 Å². The van der Waals surface area contributed by atoms with Crippen LogP contribution in [0.25, 0.3) is 0 Å². The highest BCUT2D eigenvalue weighted by molar-refractivity contribution is 5.77. The van der Waals surface area contributed by atoms with Crippen molar-refractivity contribution in [3.8, 4) is 5.75 Å². The van der Waals surface area contributed by atoms with Crippen molar-refractivity contribution >= 4 is 5.97 Å². The van der Waals surface area contributed by atoms with Crippen LogP contribution in [0.1, 0.15) is 26.3 Å². The van der Waals surface area contributed by atoms with Gasteiger partial charge in [-0.15, -0.1) is 10.1 Å². The van der Waals surface area contributed by atoms with E-state index in [2.05, 4.69) is 4.84 Å². The van der Waals surface area contributed by atoms with E-state index in [-0.39, 0.29) is 12.6 Å². The number of carbonyl (C=O) groups excluding carboxylic acids is 1. The predicted octanol–water partition coefficient (Wildman–Crippen LogP) is 2.35. The number of hydrogen-bond acceptors (Lipinski definition) is 5. The van der Waals surface area contributed by atoms with Crippen molar-refractivity contribution in [2.24, 2.45) is 5.41 Å². The maximum atomic E-state index is 11.6. The highest BCUT2D eigenvalue weighted by Crippen LogP contribution is 2.19. The molecular formula is C12H15NO5. The summed E-state index contributed by atoms with van der Waals surface area (Å²) in [6.07, 6.45) is 0. The van der Waals surface area contributed by atoms with Gasteiger partial charge in [-0.3, -0.25) is 4.79 Å². The topological polar surface area (TPSA) is 78.7 Å². The van der Waals surface area contributed by atoms with Crippen molar-refractivity contribution in [3.05, 3.63) is 39.9 Å². The quantitative estimate of drug-likeness (QED) is 0.356. The molecule has 0 N–H and O–H groups in total. The summed E-state index contributed by atoms with van der Waals surface area (Å²) in [5.74, 6) is 0.0663. The summed E-state index contributed by atoms with van der Waals surface area (Å²) >= 11 is 0. The molecule has 1 rings (SSSR count). The Morgan fingerprint density at radius 1 is 1.28 bits per heavy atom. The van der Waals surface area contributed by atoms with E-state index in [1.165, 1.54) is 0 Å². The van der Waals surface area contributed by atoms with E-state index in [1.54, 1.807) is 45.0 Å². The van der Waals surface area contributed by atoms with Crippen molar-refractivity contribution in [1.82, 2.24) is 0 Å². The van der Waals surface area contributed by atoms with Crippen LogP contribution in [0.2, 0.25) is 0 Å². The van der Waals surface area contributed by atoms with Crippen LogP contribution >= 0.6 is 0 Å². The van der Waals surface area contributed by atoms with Crippen LogP contribution < -0.4 is 4.74 Å². The molecule has 0 aliphatic carbocycles. The van der Waals surface area contributed by atoms with Crippen LogP contribution in [0.4, 0.5) is 0 Å². The second-order valence-corrected chi connectivity index (χ2v) is 4.78. The van der Waals surface area contributed by atoms with Crippen LogP contribution in [-0.4, -0.2) is 11.1 Å². The molecule has 0 fully saturated rings. The fraction of sp³-hybridized carbons (Fsp3) is 0.417. The Balaban J connectivity index is 2.60. The molecule has 6 heteroatoms. The number of benzene rings is 1. The number of esters is 1. The molecule has 0 spiro atoms. The van der Waals surface area contributed by atoms with Crippen LogP contribution in [0, 0.1) is 15.5 Å². The zero-order valence-corrected chi connectivity index (χ0v) is 10.5. The van der Waals surface area contributed by atoms with Gasteiger partial charge in [0.15, 0.2) is 0 Å². The summed E-state index contributed by atoms with van der Waals surface area (Å²) in [4.78, 5) is 25.8. The van der Waals surface area contributed by atoms with Gasteiger partial charge in [-0.2, -0.15) is 0 Å². The van der Waals surface area contributed by atoms with Crippen molar-refractivity contribution in [1.29, 1.82) is 0 Å². The van der Waals surface area contributed by atoms with Gasteiger partial charge in [0.05, 0.1) is 5.41 Å². The van der Waals surface area contributed by atoms with Crippen molar-refractivity contribution in [2.75, 3.05) is 0 Å². The van der Waals surface area contributed by atoms with E-state index in [0.29, 0.717) is 11.3 Å². The number of hydrogen-bond donors (Lipinski definition) is 0. The third-order valence-corrected chi connectivity index (χ3v) is 2.08. The minimum absolute atomic E-state index is 0.125. The first kappa shape index (κ1) is 14.0. The van der Waals surface area contributed by atoms with Gasteiger partial charge in [0.25, 0.3) is 5.09 Å². The highest BCUT2D eigenvalue weighted by atomic mass is 16.9. The van der Waals surface area contributed by atoms with Gasteiger partial charge in [-0.25, -0.2) is 0 Å². The Bertz CT molecular complexity index is 433. The highest BCUT2D eigenvalue weighted by Gasteiger charge is 2.23. The molecule has 98 valence electrons. The Kier molecular flexibility index (Phi) is 4.25. The first-order valence-corrected chi connectivity index (χ1v) is 5.37. The van der Waals surface area contributed by atoms with Gasteiger partial charge >= 0.3 is 5.97 Å². The van der Waals surface area contributed by atoms with E-state index < -0.39 is 10.5 Å². The van der Waals surface area contributed by atoms with Crippen molar-refractivity contribution in [3.63, 3.8) is 0 Å². The summed E-state index contributed by atoms with van der Waals surface area (Å²) < 4.78 is 5.15. The van der Waals surface area contributed by atoms with Crippen LogP contribution in [0.5, 0.6) is 5.75 Å². The number of rotatable bonds is 4. The monoisotopic (exact) mass is 253 g/mol. The standard InChI is InChI=1S/C12H15NO5/c1-12(2,3)11(14)18-10-6-4-9(5-7-10)8-17-13(15)16/h4-7H,8H2,1-3H3. The lowest BCUT2D eigenvalue weighted by Gasteiger charge is -2.16. The fourth-order valence-electron chi connectivity index (χ4n) is 1.04. The van der Waals surface area contributed by atoms with Crippen molar-refractivity contribution < 1.29 is 19.5 Å². The molecular weight excluding hydrogens is 238 g/mol. The van der Waals surface area contributed by atoms with Crippen LogP contribution in [-0.2, 0) is 16.2 Å². The maximum absolute atomic E-state index is 11.6. The van der Waals surface area contributed by atoms with E-state index in [1.807, 2.05) is 0 Å². The lowest BCUT2D eigenvalue weighted by atomic mass is 9.97. The smallest absolute Gasteiger partial charge is 0.316 e. The first-order valence-electron chi connectivity index (χ1n) is 5.37. The SMILES string of the molecule is CC(C)(C)C(=O)Oc1ccc(CO[N+](=O)[O-])cc1. The molecule has 0 bridgehead atoms. The summed E-state index contributed by atoms with van der Waals surface area (Å²) in [6, 6.07) is 6.36. The Morgan fingerprint density at radius 2 is 1.83 bits per heavy atom. The summed E-state index contributed by atoms with van der Waals surface area (Å²) in [5.41, 5.74) is 0.0511. The summed E-state index contributed by atoms with van der Waals surface area (Å²) in [6.45, 7) is 5.15. The largest absolute Gasteiger partial charge is 0.426 e. The number of nitrogens with zero attached hydrogens (tertiary/aromatic N) is 1. The second-order valence-electron chi connectivity index (χ2n) is 4.78. The Labute approximate surface area is 105 Å². The Morgan fingerprint density at radius 3 is 2.28 bits per heavy atom. The molecule has 0 aromatic heterocycles. The molecule has 0 radical (unpaired) electrons. The minimum Gasteiger partial charge on any atom is -0.426 e. The van der Waals surface area contributed by atoms with Gasteiger partial charge in [-0.05, 0) is 38.5 Å². The zero-order valence-electron chi connectivity index (χ0n) is 10.5. The molecule has 6 nitrogen and oxygen atoms in total. The molecule has 1 aromatic carbocycles. The lowest BCUT2D eigenvalue weighted by molar-refractivity contribution is -0.763. The third kappa shape index (κ3) is 4.40. The number of ether oxygens (including phenoxy) is 1. The average molecular weight is 253 g/mol. The Hall–Kier alpha value is -2.11. The average Bonchev–Trinajstić information content (AvgIpc) is 2.26. The van der Waals surface area contributed by atoms with Gasteiger partial charge in [-0.1, -0.05) is 12.1 Å². The number of carbonyl (C=O) groups is 1. The molecule has 0 saturated heterocycles. The first-order chi connectivity index (χ1) is 8.29. The van der Waals surface area contributed by atoms with Gasteiger partial charge in [0, 0.05) is 0 Å². The molecule has 0 unspecified atom stereocenters. The van der Waals surface area contributed by atoms with Crippen LogP contribution in [0.15, 0.2) is 24.3 Å². The predicted molar refractivity (Wildman–Crippen MR) is 63.3 cm³/mol. The van der Waals surface area contributed by atoms with E-state index in [4.69, 9.17) is 4.74 Å². The second kappa shape index (κ2) is 5.48. The molecule has 0 aliphatic heterocycles. The molecule has 0 amide bonds. The van der Waals surface area contributed by atoms with E-state index in [9.17, 15) is 14.9 Å². The van der Waals surface area contributed by atoms with Crippen molar-refractivity contribution in [2.45, 2.75) is 27.4 Å². The molecule has 0 saturated carbocycles. The molecule has 0 heterocycles. The van der Waals surface area contributed by atoms with Gasteiger partial charge in [0.2, 0.25) is 0 Å². The maximum Gasteiger partial charge on any atom is 0.316 e. The van der Waals surface area contributed by atoms with Crippen LogP contribution in [0.3, 0.4) is 0 Å². The molecule has 18 heavy (non-hydrogen) atoms. The zero-order chi connectivity index (χ0) is 13.8. The lowest BCUT2D eigenvalue weighted by Crippen LogP contribution is -2.25. The normalized spacial score (nSPS) is 10.8. The summed E-state index contributed by atoms with van der Waals surface area (Å²) in [5, 5.41) is 9.16.